The van der Waals surface area contributed by atoms with Gasteiger partial charge in [-0.1, -0.05) is 23.4 Å². The topological polar surface area (TPSA) is 90.9 Å². The van der Waals surface area contributed by atoms with Crippen molar-refractivity contribution in [1.29, 1.82) is 0 Å². The number of hydrogen-bond acceptors (Lipinski definition) is 3. The van der Waals surface area contributed by atoms with Gasteiger partial charge in [-0.15, -0.1) is 0 Å². The number of amidine groups is 1. The number of oxime groups is 1. The van der Waals surface area contributed by atoms with Crippen LogP contribution in [0.25, 0.3) is 0 Å². The van der Waals surface area contributed by atoms with E-state index in [0.29, 0.717) is 18.2 Å². The van der Waals surface area contributed by atoms with Gasteiger partial charge in [-0.05, 0) is 30.9 Å². The van der Waals surface area contributed by atoms with E-state index in [9.17, 15) is 4.79 Å². The lowest BCUT2D eigenvalue weighted by Crippen LogP contribution is -2.45. The molecule has 0 unspecified atom stereocenters. The minimum Gasteiger partial charge on any atom is -0.409 e. The molecule has 20 heavy (non-hydrogen) atoms. The van der Waals surface area contributed by atoms with E-state index in [2.05, 4.69) is 10.5 Å². The van der Waals surface area contributed by atoms with Gasteiger partial charge >= 0.3 is 6.03 Å². The van der Waals surface area contributed by atoms with Crippen molar-refractivity contribution >= 4 is 11.9 Å². The minimum absolute atomic E-state index is 0.0634. The van der Waals surface area contributed by atoms with Crippen molar-refractivity contribution in [3.05, 3.63) is 35.4 Å². The van der Waals surface area contributed by atoms with Crippen LogP contribution in [0.15, 0.2) is 29.4 Å². The Morgan fingerprint density at radius 1 is 1.55 bits per heavy atom. The molecule has 2 rings (SSSR count). The van der Waals surface area contributed by atoms with Gasteiger partial charge in [0.05, 0.1) is 0 Å². The van der Waals surface area contributed by atoms with Crippen LogP contribution >= 0.6 is 0 Å². The summed E-state index contributed by atoms with van der Waals surface area (Å²) in [6, 6.07) is 7.55. The van der Waals surface area contributed by atoms with Crippen LogP contribution in [0.5, 0.6) is 0 Å². The zero-order chi connectivity index (χ0) is 14.5. The Bertz CT molecular complexity index is 512. The molecule has 4 N–H and O–H groups in total. The molecule has 1 aromatic carbocycles. The fraction of sp³-hybridized carbons (Fsp3) is 0.429. The third-order valence-electron chi connectivity index (χ3n) is 3.53. The summed E-state index contributed by atoms with van der Waals surface area (Å²) < 4.78 is 0. The largest absolute Gasteiger partial charge is 0.409 e. The quantitative estimate of drug-likeness (QED) is 0.336. The molecule has 6 nitrogen and oxygen atoms in total. The first kappa shape index (κ1) is 14.2. The fourth-order valence-electron chi connectivity index (χ4n) is 2.07. The van der Waals surface area contributed by atoms with E-state index in [1.165, 1.54) is 6.42 Å². The molecule has 1 fully saturated rings. The number of carbonyl (C=O) groups is 1. The molecule has 1 saturated carbocycles. The highest BCUT2D eigenvalue weighted by atomic mass is 16.4. The number of nitrogens with zero attached hydrogens (tertiary/aromatic N) is 2. The number of carbonyl (C=O) groups excluding carboxylic acids is 1. The number of nitrogens with two attached hydrogens (primary N) is 1. The monoisotopic (exact) mass is 276 g/mol. The fourth-order valence-corrected chi connectivity index (χ4v) is 2.07. The van der Waals surface area contributed by atoms with E-state index in [4.69, 9.17) is 10.9 Å². The van der Waals surface area contributed by atoms with Gasteiger partial charge < -0.3 is 21.2 Å². The van der Waals surface area contributed by atoms with Crippen LogP contribution in [0.1, 0.15) is 30.4 Å². The van der Waals surface area contributed by atoms with Crippen molar-refractivity contribution in [3.8, 4) is 0 Å². The number of nitrogens with one attached hydrogen (secondary N) is 1. The molecular formula is C14H20N4O2. The van der Waals surface area contributed by atoms with Crippen LogP contribution in [0, 0.1) is 0 Å². The van der Waals surface area contributed by atoms with Crippen molar-refractivity contribution in [1.82, 2.24) is 10.2 Å². The molecule has 1 aliphatic rings. The van der Waals surface area contributed by atoms with Crippen molar-refractivity contribution in [2.75, 3.05) is 7.05 Å². The van der Waals surface area contributed by atoms with E-state index in [-0.39, 0.29) is 11.9 Å². The van der Waals surface area contributed by atoms with E-state index < -0.39 is 0 Å². The first-order chi connectivity index (χ1) is 9.60. The van der Waals surface area contributed by atoms with E-state index in [1.54, 1.807) is 18.0 Å². The van der Waals surface area contributed by atoms with E-state index in [1.807, 2.05) is 18.2 Å². The van der Waals surface area contributed by atoms with Crippen LogP contribution in [-0.2, 0) is 6.54 Å². The third-order valence-corrected chi connectivity index (χ3v) is 3.53. The van der Waals surface area contributed by atoms with Crippen molar-refractivity contribution in [3.63, 3.8) is 0 Å². The summed E-state index contributed by atoms with van der Waals surface area (Å²) in [6.07, 6.45) is 3.33. The van der Waals surface area contributed by atoms with Gasteiger partial charge in [0.1, 0.15) is 0 Å². The number of rotatable bonds is 4. The lowest BCUT2D eigenvalue weighted by Gasteiger charge is -2.29. The lowest BCUT2D eigenvalue weighted by molar-refractivity contribution is 0.195. The maximum atomic E-state index is 12.0. The lowest BCUT2D eigenvalue weighted by atomic mass is 9.93. The first-order valence-electron chi connectivity index (χ1n) is 6.68. The maximum Gasteiger partial charge on any atom is 0.317 e. The Morgan fingerprint density at radius 2 is 2.30 bits per heavy atom. The molecule has 1 aromatic rings. The molecular weight excluding hydrogens is 256 g/mol. The zero-order valence-corrected chi connectivity index (χ0v) is 11.5. The van der Waals surface area contributed by atoms with Crippen molar-refractivity contribution in [2.24, 2.45) is 10.9 Å². The average Bonchev–Trinajstić information content (AvgIpc) is 2.41. The summed E-state index contributed by atoms with van der Waals surface area (Å²) in [4.78, 5) is 13.6. The first-order valence-corrected chi connectivity index (χ1v) is 6.68. The predicted octanol–water partition coefficient (Wildman–Crippen LogP) is 1.47. The molecule has 0 saturated heterocycles. The highest BCUT2D eigenvalue weighted by Gasteiger charge is 2.21. The average molecular weight is 276 g/mol. The van der Waals surface area contributed by atoms with Crippen LogP contribution in [-0.4, -0.2) is 35.1 Å². The van der Waals surface area contributed by atoms with Crippen molar-refractivity contribution < 1.29 is 10.0 Å². The molecule has 108 valence electrons. The van der Waals surface area contributed by atoms with Gasteiger partial charge in [0.25, 0.3) is 0 Å². The summed E-state index contributed by atoms with van der Waals surface area (Å²) in [6.45, 7) is 0.477. The van der Waals surface area contributed by atoms with Gasteiger partial charge in [0.2, 0.25) is 0 Å². The molecule has 6 heteroatoms. The molecule has 0 bridgehead atoms. The van der Waals surface area contributed by atoms with Crippen LogP contribution in [0.2, 0.25) is 0 Å². The van der Waals surface area contributed by atoms with Gasteiger partial charge in [0, 0.05) is 25.2 Å². The van der Waals surface area contributed by atoms with Gasteiger partial charge in [-0.3, -0.25) is 0 Å². The maximum absolute atomic E-state index is 12.0. The summed E-state index contributed by atoms with van der Waals surface area (Å²) >= 11 is 0. The van der Waals surface area contributed by atoms with Crippen LogP contribution in [0.4, 0.5) is 4.79 Å². The van der Waals surface area contributed by atoms with Crippen molar-refractivity contribution in [2.45, 2.75) is 31.8 Å². The number of urea groups is 1. The zero-order valence-electron chi connectivity index (χ0n) is 11.5. The molecule has 2 amide bonds. The Kier molecular flexibility index (Phi) is 4.45. The number of benzene rings is 1. The molecule has 1 aliphatic carbocycles. The molecule has 0 aliphatic heterocycles. The predicted molar refractivity (Wildman–Crippen MR) is 76.6 cm³/mol. The second-order valence-electron chi connectivity index (χ2n) is 5.12. The molecule has 0 spiro atoms. The second-order valence-corrected chi connectivity index (χ2v) is 5.12. The minimum atomic E-state index is -0.0658. The molecule has 0 aromatic heterocycles. The Morgan fingerprint density at radius 3 is 2.90 bits per heavy atom. The highest BCUT2D eigenvalue weighted by Crippen LogP contribution is 2.18. The normalized spacial score (nSPS) is 15.6. The molecule has 0 heterocycles. The van der Waals surface area contributed by atoms with Gasteiger partial charge in [0.15, 0.2) is 5.84 Å². The second kappa shape index (κ2) is 6.27. The highest BCUT2D eigenvalue weighted by molar-refractivity contribution is 5.97. The standard InChI is InChI=1S/C14H20N4O2/c1-18(14(19)16-12-6-3-7-12)9-10-4-2-5-11(8-10)13(15)17-20/h2,4-5,8,12,20H,3,6-7,9H2,1H3,(H2,15,17)(H,16,19). The molecule has 0 atom stereocenters. The van der Waals surface area contributed by atoms with E-state index >= 15 is 0 Å². The smallest absolute Gasteiger partial charge is 0.317 e. The SMILES string of the molecule is CN(Cc1cccc(/C(N)=N/O)c1)C(=O)NC1CCC1. The van der Waals surface area contributed by atoms with E-state index in [0.717, 1.165) is 18.4 Å². The summed E-state index contributed by atoms with van der Waals surface area (Å²) in [5.41, 5.74) is 7.12. The summed E-state index contributed by atoms with van der Waals surface area (Å²) in [7, 11) is 1.75. The van der Waals surface area contributed by atoms with Gasteiger partial charge in [-0.25, -0.2) is 4.79 Å². The Labute approximate surface area is 118 Å². The molecule has 0 radical (unpaired) electrons. The van der Waals surface area contributed by atoms with Crippen LogP contribution in [0.3, 0.4) is 0 Å². The Balaban J connectivity index is 1.96. The summed E-state index contributed by atoms with van der Waals surface area (Å²) in [5, 5.41) is 14.6. The number of hydrogen-bond donors (Lipinski definition) is 3. The third kappa shape index (κ3) is 3.40. The van der Waals surface area contributed by atoms with Crippen LogP contribution < -0.4 is 11.1 Å². The van der Waals surface area contributed by atoms with Gasteiger partial charge in [-0.2, -0.15) is 0 Å². The number of amides is 2. The Hall–Kier alpha value is -2.24. The summed E-state index contributed by atoms with van der Waals surface area (Å²) in [5.74, 6) is 0.0634.